The number of carbonyl (C=O) groups excluding carboxylic acids is 1. The van der Waals surface area contributed by atoms with Gasteiger partial charge in [-0.1, -0.05) is 43.5 Å². The Kier molecular flexibility index (Phi) is 7.66. The zero-order chi connectivity index (χ0) is 24.2. The molecule has 0 bridgehead atoms. The molecule has 2 aromatic rings. The van der Waals surface area contributed by atoms with Crippen molar-refractivity contribution in [3.63, 3.8) is 0 Å². The minimum Gasteiger partial charge on any atom is -0.369 e. The molecule has 2 aliphatic rings. The number of benzene rings is 2. The number of alkyl halides is 2. The van der Waals surface area contributed by atoms with Gasteiger partial charge >= 0.3 is 6.55 Å². The third kappa shape index (κ3) is 5.32. The minimum atomic E-state index is -2.74. The molecule has 1 atom stereocenters. The van der Waals surface area contributed by atoms with Crippen molar-refractivity contribution in [2.24, 2.45) is 10.7 Å². The lowest BCUT2D eigenvalue weighted by atomic mass is 9.92. The third-order valence-electron chi connectivity index (χ3n) is 6.46. The number of hydrogen-bond donors (Lipinski definition) is 2. The smallest absolute Gasteiger partial charge is 0.312 e. The fraction of sp³-hybridized carbons (Fsp3) is 0.400. The standard InChI is InChI=1S/C25H26F2IN5O/c26-24(27)31-20-11-15(14-29)9-10-16(20)12-17-5-4-8-19(23(17)28)21-13-22(34)33(25(30)32-21)18-6-2-1-3-7-18/h4-5,8-11,18,21,24,31H,1-3,6-7,12-13H2,(H2,30,32). The highest BCUT2D eigenvalue weighted by Gasteiger charge is 2.34. The topological polar surface area (TPSA) is 94.5 Å². The normalized spacial score (nSPS) is 19.1. The van der Waals surface area contributed by atoms with E-state index in [-0.39, 0.29) is 36.1 Å². The van der Waals surface area contributed by atoms with Crippen LogP contribution in [0.25, 0.3) is 0 Å². The Morgan fingerprint density at radius 2 is 1.97 bits per heavy atom. The predicted molar refractivity (Wildman–Crippen MR) is 135 cm³/mol. The summed E-state index contributed by atoms with van der Waals surface area (Å²) in [4.78, 5) is 19.4. The van der Waals surface area contributed by atoms with Gasteiger partial charge in [-0.05, 0) is 64.3 Å². The molecule has 9 heteroatoms. The van der Waals surface area contributed by atoms with Gasteiger partial charge in [-0.25, -0.2) is 4.99 Å². The van der Waals surface area contributed by atoms with Gasteiger partial charge in [0.25, 0.3) is 0 Å². The number of nitriles is 1. The number of anilines is 1. The highest BCUT2D eigenvalue weighted by Crippen LogP contribution is 2.35. The van der Waals surface area contributed by atoms with E-state index in [0.717, 1.165) is 40.4 Å². The molecule has 0 saturated heterocycles. The van der Waals surface area contributed by atoms with Gasteiger partial charge in [-0.3, -0.25) is 9.69 Å². The number of hydrogen-bond acceptors (Lipinski definition) is 5. The second-order valence-corrected chi connectivity index (χ2v) is 9.77. The van der Waals surface area contributed by atoms with E-state index >= 15 is 0 Å². The number of rotatable bonds is 6. The lowest BCUT2D eigenvalue weighted by Gasteiger charge is -2.37. The van der Waals surface area contributed by atoms with Gasteiger partial charge in [0.15, 0.2) is 5.96 Å². The van der Waals surface area contributed by atoms with Crippen LogP contribution in [-0.4, -0.2) is 29.4 Å². The predicted octanol–water partition coefficient (Wildman–Crippen LogP) is 5.31. The van der Waals surface area contributed by atoms with E-state index in [1.54, 1.807) is 17.0 Å². The van der Waals surface area contributed by atoms with Gasteiger partial charge in [-0.15, -0.1) is 0 Å². The fourth-order valence-electron chi connectivity index (χ4n) is 4.82. The van der Waals surface area contributed by atoms with Crippen molar-refractivity contribution >= 4 is 40.1 Å². The number of amides is 1. The Hall–Kier alpha value is -2.74. The molecule has 3 N–H and O–H groups in total. The average Bonchev–Trinajstić information content (AvgIpc) is 2.81. The van der Waals surface area contributed by atoms with Crippen LogP contribution in [0, 0.1) is 14.9 Å². The maximum Gasteiger partial charge on any atom is 0.312 e. The summed E-state index contributed by atoms with van der Waals surface area (Å²) in [5.41, 5.74) is 9.30. The lowest BCUT2D eigenvalue weighted by molar-refractivity contribution is -0.130. The molecule has 4 rings (SSSR count). The number of guanidine groups is 1. The summed E-state index contributed by atoms with van der Waals surface area (Å²) in [5, 5.41) is 11.3. The van der Waals surface area contributed by atoms with E-state index < -0.39 is 6.55 Å². The summed E-state index contributed by atoms with van der Waals surface area (Å²) in [6, 6.07) is 12.2. The Morgan fingerprint density at radius 3 is 2.65 bits per heavy atom. The first-order chi connectivity index (χ1) is 16.4. The first-order valence-electron chi connectivity index (χ1n) is 11.4. The van der Waals surface area contributed by atoms with Gasteiger partial charge < -0.3 is 11.1 Å². The van der Waals surface area contributed by atoms with Crippen LogP contribution in [0.15, 0.2) is 41.4 Å². The molecule has 6 nitrogen and oxygen atoms in total. The van der Waals surface area contributed by atoms with Crippen LogP contribution in [0.2, 0.25) is 0 Å². The quantitative estimate of drug-likeness (QED) is 0.360. The van der Waals surface area contributed by atoms with E-state index in [0.29, 0.717) is 17.5 Å². The lowest BCUT2D eigenvalue weighted by Crippen LogP contribution is -2.51. The molecule has 1 amide bonds. The van der Waals surface area contributed by atoms with E-state index in [9.17, 15) is 13.6 Å². The van der Waals surface area contributed by atoms with E-state index in [1.165, 1.54) is 12.5 Å². The zero-order valence-electron chi connectivity index (χ0n) is 18.6. The van der Waals surface area contributed by atoms with Crippen LogP contribution in [0.5, 0.6) is 0 Å². The monoisotopic (exact) mass is 577 g/mol. The zero-order valence-corrected chi connectivity index (χ0v) is 20.8. The summed E-state index contributed by atoms with van der Waals surface area (Å²) in [5.74, 6) is 0.283. The van der Waals surface area contributed by atoms with Crippen molar-refractivity contribution in [3.05, 3.63) is 62.2 Å². The summed E-state index contributed by atoms with van der Waals surface area (Å²) in [7, 11) is 0. The molecule has 2 aromatic carbocycles. The average molecular weight is 577 g/mol. The minimum absolute atomic E-state index is 0.00103. The number of nitrogens with zero attached hydrogens (tertiary/aromatic N) is 3. The maximum absolute atomic E-state index is 13.0. The molecule has 1 saturated carbocycles. The number of carbonyl (C=O) groups is 1. The molecule has 34 heavy (non-hydrogen) atoms. The van der Waals surface area contributed by atoms with Crippen LogP contribution < -0.4 is 11.1 Å². The number of halogens is 3. The Morgan fingerprint density at radius 1 is 1.21 bits per heavy atom. The van der Waals surface area contributed by atoms with Crippen molar-refractivity contribution in [1.29, 1.82) is 5.26 Å². The number of aliphatic imine (C=N–C) groups is 1. The highest BCUT2D eigenvalue weighted by molar-refractivity contribution is 14.1. The third-order valence-corrected chi connectivity index (χ3v) is 7.78. The van der Waals surface area contributed by atoms with E-state index in [4.69, 9.17) is 16.0 Å². The van der Waals surface area contributed by atoms with Gasteiger partial charge in [0.1, 0.15) is 0 Å². The Labute approximate surface area is 211 Å². The van der Waals surface area contributed by atoms with Crippen LogP contribution >= 0.6 is 22.6 Å². The van der Waals surface area contributed by atoms with Crippen LogP contribution in [0.3, 0.4) is 0 Å². The second kappa shape index (κ2) is 10.7. The Balaban J connectivity index is 1.60. The molecule has 0 aromatic heterocycles. The molecule has 178 valence electrons. The number of nitrogens with one attached hydrogen (secondary N) is 1. The van der Waals surface area contributed by atoms with Crippen molar-refractivity contribution in [2.75, 3.05) is 5.32 Å². The molecule has 1 aliphatic carbocycles. The van der Waals surface area contributed by atoms with E-state index in [2.05, 4.69) is 27.9 Å². The molecule has 0 radical (unpaired) electrons. The van der Waals surface area contributed by atoms with Crippen LogP contribution in [0.1, 0.15) is 66.8 Å². The summed E-state index contributed by atoms with van der Waals surface area (Å²) >= 11 is 2.23. The SMILES string of the molecule is N#Cc1ccc(Cc2cccc(C3CC(=O)N(C4CCCCC4)C(N)=N3)c2I)c(NC(F)F)c1. The largest absolute Gasteiger partial charge is 0.369 e. The summed E-state index contributed by atoms with van der Waals surface area (Å²) in [6.45, 7) is -2.74. The highest BCUT2D eigenvalue weighted by atomic mass is 127. The van der Waals surface area contributed by atoms with Crippen molar-refractivity contribution in [3.8, 4) is 6.07 Å². The van der Waals surface area contributed by atoms with Gasteiger partial charge in [0.05, 0.1) is 24.1 Å². The maximum atomic E-state index is 13.0. The van der Waals surface area contributed by atoms with Crippen molar-refractivity contribution < 1.29 is 13.6 Å². The second-order valence-electron chi connectivity index (χ2n) is 8.69. The molecular weight excluding hydrogens is 551 g/mol. The van der Waals surface area contributed by atoms with Crippen LogP contribution in [0.4, 0.5) is 14.5 Å². The fourth-order valence-corrected chi connectivity index (χ4v) is 5.73. The molecule has 0 spiro atoms. The van der Waals surface area contributed by atoms with Gasteiger partial charge in [0, 0.05) is 21.7 Å². The van der Waals surface area contributed by atoms with E-state index in [1.807, 2.05) is 24.3 Å². The van der Waals surface area contributed by atoms with Crippen molar-refractivity contribution in [1.82, 2.24) is 4.90 Å². The first-order valence-corrected chi connectivity index (χ1v) is 12.5. The van der Waals surface area contributed by atoms with Gasteiger partial charge in [0.2, 0.25) is 5.91 Å². The number of nitrogens with two attached hydrogens (primary N) is 1. The first kappa shape index (κ1) is 24.4. The van der Waals surface area contributed by atoms with Gasteiger partial charge in [-0.2, -0.15) is 14.0 Å². The Bertz CT molecular complexity index is 1140. The van der Waals surface area contributed by atoms with Crippen LogP contribution in [-0.2, 0) is 11.2 Å². The molecule has 1 heterocycles. The summed E-state index contributed by atoms with van der Waals surface area (Å²) in [6.07, 6.45) is 5.95. The molecule has 1 fully saturated rings. The molecular formula is C25H26F2IN5O. The molecule has 1 unspecified atom stereocenters. The van der Waals surface area contributed by atoms with Crippen molar-refractivity contribution in [2.45, 2.75) is 63.6 Å². The molecule has 1 aliphatic heterocycles. The summed E-state index contributed by atoms with van der Waals surface area (Å²) < 4.78 is 27.0.